The van der Waals surface area contributed by atoms with Crippen LogP contribution in [0.1, 0.15) is 48.0 Å². The summed E-state index contributed by atoms with van der Waals surface area (Å²) < 4.78 is 0. The SMILES string of the molecule is BC(CC(C)(C)C)(C(=O)ON)C(C)(C)C. The van der Waals surface area contributed by atoms with E-state index in [0.717, 1.165) is 6.42 Å². The lowest BCUT2D eigenvalue weighted by molar-refractivity contribution is -0.152. The van der Waals surface area contributed by atoms with E-state index in [1.807, 2.05) is 28.6 Å². The van der Waals surface area contributed by atoms with Crippen LogP contribution >= 0.6 is 0 Å². The van der Waals surface area contributed by atoms with Crippen LogP contribution in [0.3, 0.4) is 0 Å². The smallest absolute Gasteiger partial charge is 0.323 e. The van der Waals surface area contributed by atoms with Crippen molar-refractivity contribution < 1.29 is 9.63 Å². The van der Waals surface area contributed by atoms with Gasteiger partial charge in [-0.15, -0.1) is 0 Å². The molecule has 1 atom stereocenters. The van der Waals surface area contributed by atoms with Gasteiger partial charge in [0, 0.05) is 5.31 Å². The third kappa shape index (κ3) is 3.52. The predicted molar refractivity (Wildman–Crippen MR) is 65.0 cm³/mol. The molecule has 0 radical (unpaired) electrons. The van der Waals surface area contributed by atoms with Crippen molar-refractivity contribution in [3.8, 4) is 0 Å². The van der Waals surface area contributed by atoms with Crippen LogP contribution in [0.15, 0.2) is 0 Å². The molecule has 0 aromatic rings. The molecule has 0 saturated heterocycles. The summed E-state index contributed by atoms with van der Waals surface area (Å²) in [5.41, 5.74) is -0.104. The Kier molecular flexibility index (Phi) is 4.02. The molecule has 0 aromatic carbocycles. The molecule has 3 nitrogen and oxygen atoms in total. The fourth-order valence-electron chi connectivity index (χ4n) is 1.83. The Morgan fingerprint density at radius 1 is 1.20 bits per heavy atom. The summed E-state index contributed by atoms with van der Waals surface area (Å²) in [6.45, 7) is 12.4. The maximum atomic E-state index is 11.8. The third-order valence-electron chi connectivity index (χ3n) is 3.10. The van der Waals surface area contributed by atoms with Gasteiger partial charge in [0.15, 0.2) is 0 Å². The van der Waals surface area contributed by atoms with Crippen LogP contribution in [0, 0.1) is 10.8 Å². The van der Waals surface area contributed by atoms with Crippen LogP contribution in [0.5, 0.6) is 0 Å². The van der Waals surface area contributed by atoms with Crippen molar-refractivity contribution in [3.63, 3.8) is 0 Å². The largest absolute Gasteiger partial charge is 0.374 e. The van der Waals surface area contributed by atoms with Crippen LogP contribution < -0.4 is 5.90 Å². The second kappa shape index (κ2) is 4.16. The van der Waals surface area contributed by atoms with Gasteiger partial charge in [0.2, 0.25) is 0 Å². The van der Waals surface area contributed by atoms with Gasteiger partial charge in [-0.3, -0.25) is 4.79 Å². The minimum atomic E-state index is -0.556. The predicted octanol–water partition coefficient (Wildman–Crippen LogP) is 1.68. The minimum Gasteiger partial charge on any atom is -0.374 e. The lowest BCUT2D eigenvalue weighted by Gasteiger charge is -2.43. The molecule has 0 aliphatic heterocycles. The average Bonchev–Trinajstić information content (AvgIpc) is 1.97. The van der Waals surface area contributed by atoms with Gasteiger partial charge in [0.1, 0.15) is 7.85 Å². The molecule has 88 valence electrons. The van der Waals surface area contributed by atoms with Crippen LogP contribution in [-0.4, -0.2) is 13.8 Å². The van der Waals surface area contributed by atoms with Crippen molar-refractivity contribution in [1.29, 1.82) is 0 Å². The van der Waals surface area contributed by atoms with Gasteiger partial charge in [-0.05, 0) is 17.3 Å². The molecule has 1 unspecified atom stereocenters. The van der Waals surface area contributed by atoms with Crippen LogP contribution in [0.4, 0.5) is 0 Å². The van der Waals surface area contributed by atoms with Gasteiger partial charge >= 0.3 is 5.97 Å². The number of hydrogen-bond acceptors (Lipinski definition) is 3. The summed E-state index contributed by atoms with van der Waals surface area (Å²) >= 11 is 0. The Morgan fingerprint density at radius 3 is 1.80 bits per heavy atom. The third-order valence-corrected chi connectivity index (χ3v) is 3.10. The Bertz CT molecular complexity index is 240. The van der Waals surface area contributed by atoms with E-state index in [2.05, 4.69) is 25.6 Å². The molecular weight excluding hydrogens is 189 g/mol. The number of nitrogens with two attached hydrogens (primary N) is 1. The van der Waals surface area contributed by atoms with E-state index >= 15 is 0 Å². The Morgan fingerprint density at radius 2 is 1.60 bits per heavy atom. The van der Waals surface area contributed by atoms with E-state index in [-0.39, 0.29) is 16.8 Å². The monoisotopic (exact) mass is 213 g/mol. The van der Waals surface area contributed by atoms with E-state index in [0.29, 0.717) is 0 Å². The summed E-state index contributed by atoms with van der Waals surface area (Å²) in [5.74, 6) is 4.70. The van der Waals surface area contributed by atoms with Crippen molar-refractivity contribution in [2.45, 2.75) is 53.3 Å². The Labute approximate surface area is 94.1 Å². The normalized spacial score (nSPS) is 17.0. The van der Waals surface area contributed by atoms with E-state index in [4.69, 9.17) is 5.90 Å². The van der Waals surface area contributed by atoms with Crippen LogP contribution in [0.25, 0.3) is 0 Å². The minimum absolute atomic E-state index is 0.0657. The Balaban J connectivity index is 5.14. The van der Waals surface area contributed by atoms with E-state index in [1.54, 1.807) is 0 Å². The molecular formula is C11H24BNO2. The first-order valence-corrected chi connectivity index (χ1v) is 5.35. The van der Waals surface area contributed by atoms with Gasteiger partial charge in [-0.25, -0.2) is 0 Å². The molecule has 0 fully saturated rings. The number of carbonyl (C=O) groups excluding carboxylic acids is 1. The number of rotatable bonds is 2. The summed E-state index contributed by atoms with van der Waals surface area (Å²) in [7, 11) is 1.92. The highest BCUT2D eigenvalue weighted by Crippen LogP contribution is 2.50. The highest BCUT2D eigenvalue weighted by atomic mass is 16.7. The second-order valence-electron chi connectivity index (χ2n) is 6.72. The lowest BCUT2D eigenvalue weighted by atomic mass is 9.49. The second-order valence-corrected chi connectivity index (χ2v) is 6.72. The molecule has 0 amide bonds. The van der Waals surface area contributed by atoms with Gasteiger partial charge < -0.3 is 4.84 Å². The van der Waals surface area contributed by atoms with Crippen LogP contribution in [0.2, 0.25) is 5.31 Å². The van der Waals surface area contributed by atoms with Crippen molar-refractivity contribution in [1.82, 2.24) is 0 Å². The topological polar surface area (TPSA) is 52.3 Å². The molecule has 2 N–H and O–H groups in total. The quantitative estimate of drug-likeness (QED) is 0.560. The molecule has 0 spiro atoms. The standard InChI is InChI=1S/C11H24BNO2/c1-9(2,3)7-11(12,8(14)15-13)10(4,5)6/h7,12-13H2,1-6H3. The molecule has 0 aliphatic rings. The molecule has 4 heteroatoms. The van der Waals surface area contributed by atoms with Crippen LogP contribution in [-0.2, 0) is 9.63 Å². The number of carbonyl (C=O) groups is 1. The van der Waals surface area contributed by atoms with Crippen molar-refractivity contribution in [2.24, 2.45) is 16.7 Å². The maximum absolute atomic E-state index is 11.8. The zero-order valence-corrected chi connectivity index (χ0v) is 11.1. The fourth-order valence-corrected chi connectivity index (χ4v) is 1.83. The highest BCUT2D eigenvalue weighted by molar-refractivity contribution is 6.27. The van der Waals surface area contributed by atoms with Crippen molar-refractivity contribution in [2.75, 3.05) is 0 Å². The summed E-state index contributed by atoms with van der Waals surface area (Å²) in [5, 5.41) is -0.556. The zero-order valence-electron chi connectivity index (χ0n) is 11.1. The van der Waals surface area contributed by atoms with E-state index in [9.17, 15) is 4.79 Å². The molecule has 0 aliphatic carbocycles. The summed E-state index contributed by atoms with van der Waals surface area (Å²) in [4.78, 5) is 16.3. The summed E-state index contributed by atoms with van der Waals surface area (Å²) in [6.07, 6.45) is 0.750. The summed E-state index contributed by atoms with van der Waals surface area (Å²) in [6, 6.07) is 0. The van der Waals surface area contributed by atoms with Gasteiger partial charge in [0.05, 0.1) is 0 Å². The van der Waals surface area contributed by atoms with Gasteiger partial charge in [-0.1, -0.05) is 41.5 Å². The lowest BCUT2D eigenvalue weighted by Crippen LogP contribution is -2.41. The first kappa shape index (κ1) is 14.5. The van der Waals surface area contributed by atoms with E-state index < -0.39 is 5.31 Å². The highest BCUT2D eigenvalue weighted by Gasteiger charge is 2.47. The molecule has 0 bridgehead atoms. The van der Waals surface area contributed by atoms with Crippen molar-refractivity contribution in [3.05, 3.63) is 0 Å². The Hall–Kier alpha value is -0.505. The van der Waals surface area contributed by atoms with Gasteiger partial charge in [0.25, 0.3) is 0 Å². The first-order valence-electron chi connectivity index (χ1n) is 5.35. The van der Waals surface area contributed by atoms with Gasteiger partial charge in [-0.2, -0.15) is 5.90 Å². The maximum Gasteiger partial charge on any atom is 0.323 e. The van der Waals surface area contributed by atoms with Crippen molar-refractivity contribution >= 4 is 13.8 Å². The zero-order chi connectivity index (χ0) is 12.5. The molecule has 0 saturated carbocycles. The number of hydrogen-bond donors (Lipinski definition) is 1. The molecule has 15 heavy (non-hydrogen) atoms. The molecule has 0 heterocycles. The first-order chi connectivity index (χ1) is 6.44. The average molecular weight is 213 g/mol. The molecule has 0 rings (SSSR count). The van der Waals surface area contributed by atoms with E-state index in [1.165, 1.54) is 0 Å². The molecule has 0 aromatic heterocycles. The fraction of sp³-hybridized carbons (Fsp3) is 0.909.